The Kier molecular flexibility index (Phi) is 6.21. The third-order valence-corrected chi connectivity index (χ3v) is 4.38. The van der Waals surface area contributed by atoms with Gasteiger partial charge < -0.3 is 19.7 Å². The van der Waals surface area contributed by atoms with Crippen LogP contribution in [-0.2, 0) is 16.1 Å². The SMILES string of the molecule is COC[C@@H]1[C@H](C(=O)NCc2ccccc2OC)CCCN1C. The molecule has 122 valence electrons. The molecule has 1 aliphatic rings. The summed E-state index contributed by atoms with van der Waals surface area (Å²) in [6.45, 7) is 2.09. The molecule has 2 rings (SSSR count). The molecule has 5 heteroatoms. The van der Waals surface area contributed by atoms with Gasteiger partial charge in [0.1, 0.15) is 5.75 Å². The molecule has 1 aliphatic heterocycles. The fourth-order valence-corrected chi connectivity index (χ4v) is 3.11. The number of methoxy groups -OCH3 is 2. The van der Waals surface area contributed by atoms with E-state index in [0.29, 0.717) is 13.2 Å². The second-order valence-corrected chi connectivity index (χ2v) is 5.78. The van der Waals surface area contributed by atoms with Crippen molar-refractivity contribution in [2.24, 2.45) is 5.92 Å². The lowest BCUT2D eigenvalue weighted by Crippen LogP contribution is -2.51. The first-order valence-electron chi connectivity index (χ1n) is 7.76. The van der Waals surface area contributed by atoms with Gasteiger partial charge in [-0.15, -0.1) is 0 Å². The van der Waals surface area contributed by atoms with Crippen molar-refractivity contribution >= 4 is 5.91 Å². The molecule has 1 aromatic carbocycles. The van der Waals surface area contributed by atoms with Gasteiger partial charge >= 0.3 is 0 Å². The third kappa shape index (κ3) is 3.99. The number of benzene rings is 1. The molecule has 22 heavy (non-hydrogen) atoms. The fourth-order valence-electron chi connectivity index (χ4n) is 3.11. The van der Waals surface area contributed by atoms with Crippen LogP contribution >= 0.6 is 0 Å². The summed E-state index contributed by atoms with van der Waals surface area (Å²) >= 11 is 0. The van der Waals surface area contributed by atoms with Gasteiger partial charge in [0.05, 0.1) is 19.6 Å². The molecule has 0 aromatic heterocycles. The summed E-state index contributed by atoms with van der Waals surface area (Å²) in [5, 5.41) is 3.05. The lowest BCUT2D eigenvalue weighted by molar-refractivity contribution is -0.129. The number of hydrogen-bond donors (Lipinski definition) is 1. The molecule has 0 radical (unpaired) electrons. The van der Waals surface area contributed by atoms with Gasteiger partial charge in [-0.25, -0.2) is 0 Å². The van der Waals surface area contributed by atoms with Crippen LogP contribution in [0.15, 0.2) is 24.3 Å². The maximum absolute atomic E-state index is 12.6. The molecular weight excluding hydrogens is 280 g/mol. The first kappa shape index (κ1) is 16.8. The normalized spacial score (nSPS) is 22.3. The van der Waals surface area contributed by atoms with Crippen molar-refractivity contribution in [1.82, 2.24) is 10.2 Å². The highest BCUT2D eigenvalue weighted by molar-refractivity contribution is 5.79. The molecule has 1 heterocycles. The van der Waals surface area contributed by atoms with E-state index in [2.05, 4.69) is 17.3 Å². The van der Waals surface area contributed by atoms with Crippen LogP contribution in [0.2, 0.25) is 0 Å². The maximum Gasteiger partial charge on any atom is 0.225 e. The van der Waals surface area contributed by atoms with E-state index < -0.39 is 0 Å². The maximum atomic E-state index is 12.6. The standard InChI is InChI=1S/C17H26N2O3/c1-19-10-6-8-14(15(19)12-21-2)17(20)18-11-13-7-4-5-9-16(13)22-3/h4-5,7,9,14-15H,6,8,10-12H2,1-3H3,(H,18,20)/t14-,15-/m1/s1. The topological polar surface area (TPSA) is 50.8 Å². The minimum atomic E-state index is -0.0200. The van der Waals surface area contributed by atoms with Crippen molar-refractivity contribution in [3.63, 3.8) is 0 Å². The second kappa shape index (κ2) is 8.15. The number of rotatable bonds is 6. The summed E-state index contributed by atoms with van der Waals surface area (Å²) in [5.74, 6) is 0.880. The predicted octanol–water partition coefficient (Wildman–Crippen LogP) is 1.67. The molecule has 0 aliphatic carbocycles. The Labute approximate surface area is 132 Å². The lowest BCUT2D eigenvalue weighted by atomic mass is 9.89. The number of carbonyl (C=O) groups is 1. The summed E-state index contributed by atoms with van der Waals surface area (Å²) in [4.78, 5) is 14.8. The largest absolute Gasteiger partial charge is 0.496 e. The molecule has 1 amide bonds. The number of nitrogens with zero attached hydrogens (tertiary/aromatic N) is 1. The molecule has 1 aromatic rings. The number of ether oxygens (including phenoxy) is 2. The Morgan fingerprint density at radius 3 is 2.86 bits per heavy atom. The molecule has 1 fully saturated rings. The van der Waals surface area contributed by atoms with Gasteiger partial charge in [-0.1, -0.05) is 18.2 Å². The van der Waals surface area contributed by atoms with Crippen LogP contribution in [0.1, 0.15) is 18.4 Å². The highest BCUT2D eigenvalue weighted by Crippen LogP contribution is 2.23. The number of likely N-dealkylation sites (N-methyl/N-ethyl adjacent to an activating group) is 1. The number of nitrogens with one attached hydrogen (secondary N) is 1. The fraction of sp³-hybridized carbons (Fsp3) is 0.588. The average molecular weight is 306 g/mol. The average Bonchev–Trinajstić information content (AvgIpc) is 2.55. The van der Waals surface area contributed by atoms with E-state index in [4.69, 9.17) is 9.47 Å². The minimum absolute atomic E-state index is 0.0200. The predicted molar refractivity (Wildman–Crippen MR) is 85.9 cm³/mol. The third-order valence-electron chi connectivity index (χ3n) is 4.38. The highest BCUT2D eigenvalue weighted by Gasteiger charge is 2.34. The van der Waals surface area contributed by atoms with Gasteiger partial charge in [-0.2, -0.15) is 0 Å². The highest BCUT2D eigenvalue weighted by atomic mass is 16.5. The van der Waals surface area contributed by atoms with Gasteiger partial charge in [0.15, 0.2) is 0 Å². The molecule has 0 unspecified atom stereocenters. The van der Waals surface area contributed by atoms with Crippen molar-refractivity contribution in [1.29, 1.82) is 0 Å². The summed E-state index contributed by atoms with van der Waals surface area (Å²) in [7, 11) is 5.39. The van der Waals surface area contributed by atoms with Crippen LogP contribution in [0, 0.1) is 5.92 Å². The van der Waals surface area contributed by atoms with Gasteiger partial charge in [0.25, 0.3) is 0 Å². The number of carbonyl (C=O) groups excluding carboxylic acids is 1. The molecule has 0 saturated carbocycles. The monoisotopic (exact) mass is 306 g/mol. The van der Waals surface area contributed by atoms with Crippen LogP contribution in [0.25, 0.3) is 0 Å². The smallest absolute Gasteiger partial charge is 0.225 e. The van der Waals surface area contributed by atoms with Crippen molar-refractivity contribution in [3.8, 4) is 5.75 Å². The van der Waals surface area contributed by atoms with Crippen LogP contribution in [0.4, 0.5) is 0 Å². The van der Waals surface area contributed by atoms with E-state index in [0.717, 1.165) is 30.7 Å². The number of amides is 1. The van der Waals surface area contributed by atoms with Crippen molar-refractivity contribution in [3.05, 3.63) is 29.8 Å². The number of piperidine rings is 1. The van der Waals surface area contributed by atoms with Crippen molar-refractivity contribution < 1.29 is 14.3 Å². The van der Waals surface area contributed by atoms with Crippen LogP contribution in [0.3, 0.4) is 0 Å². The Morgan fingerprint density at radius 1 is 1.36 bits per heavy atom. The Hall–Kier alpha value is -1.59. The molecule has 1 saturated heterocycles. The number of hydrogen-bond acceptors (Lipinski definition) is 4. The van der Waals surface area contributed by atoms with Gasteiger partial charge in [0.2, 0.25) is 5.91 Å². The quantitative estimate of drug-likeness (QED) is 0.868. The molecule has 1 N–H and O–H groups in total. The number of likely N-dealkylation sites (tertiary alicyclic amines) is 1. The van der Waals surface area contributed by atoms with E-state index in [1.807, 2.05) is 24.3 Å². The van der Waals surface area contributed by atoms with E-state index in [-0.39, 0.29) is 17.9 Å². The summed E-state index contributed by atoms with van der Waals surface area (Å²) in [6.07, 6.45) is 1.96. The first-order chi connectivity index (χ1) is 10.7. The van der Waals surface area contributed by atoms with Crippen molar-refractivity contribution in [2.75, 3.05) is 34.4 Å². The van der Waals surface area contributed by atoms with Crippen LogP contribution in [-0.4, -0.2) is 51.3 Å². The number of para-hydroxylation sites is 1. The zero-order chi connectivity index (χ0) is 15.9. The molecular formula is C17H26N2O3. The van der Waals surface area contributed by atoms with Crippen LogP contribution in [0.5, 0.6) is 5.75 Å². The van der Waals surface area contributed by atoms with E-state index in [1.54, 1.807) is 14.2 Å². The second-order valence-electron chi connectivity index (χ2n) is 5.78. The first-order valence-corrected chi connectivity index (χ1v) is 7.76. The Balaban J connectivity index is 1.98. The summed E-state index contributed by atoms with van der Waals surface area (Å²) < 4.78 is 10.6. The molecule has 0 spiro atoms. The van der Waals surface area contributed by atoms with Crippen molar-refractivity contribution in [2.45, 2.75) is 25.4 Å². The zero-order valence-electron chi connectivity index (χ0n) is 13.7. The molecule has 5 nitrogen and oxygen atoms in total. The van der Waals surface area contributed by atoms with Gasteiger partial charge in [0, 0.05) is 25.3 Å². The Morgan fingerprint density at radius 2 is 2.14 bits per heavy atom. The summed E-state index contributed by atoms with van der Waals surface area (Å²) in [6, 6.07) is 7.90. The molecule has 2 atom stereocenters. The molecule has 0 bridgehead atoms. The van der Waals surface area contributed by atoms with Crippen LogP contribution < -0.4 is 10.1 Å². The lowest BCUT2D eigenvalue weighted by Gasteiger charge is -2.37. The van der Waals surface area contributed by atoms with E-state index in [9.17, 15) is 4.79 Å². The Bertz CT molecular complexity index is 493. The summed E-state index contributed by atoms with van der Waals surface area (Å²) in [5.41, 5.74) is 0.991. The van der Waals surface area contributed by atoms with Gasteiger partial charge in [-0.3, -0.25) is 4.79 Å². The van der Waals surface area contributed by atoms with E-state index >= 15 is 0 Å². The van der Waals surface area contributed by atoms with Gasteiger partial charge in [-0.05, 0) is 32.5 Å². The minimum Gasteiger partial charge on any atom is -0.496 e. The zero-order valence-corrected chi connectivity index (χ0v) is 13.7. The van der Waals surface area contributed by atoms with E-state index in [1.165, 1.54) is 0 Å².